The number of nitrogens with zero attached hydrogens (tertiary/aromatic N) is 4. The zero-order valence-electron chi connectivity index (χ0n) is 32.0. The van der Waals surface area contributed by atoms with Crippen LogP contribution in [0.5, 0.6) is 0 Å². The van der Waals surface area contributed by atoms with Crippen LogP contribution in [-0.2, 0) is 0 Å². The zero-order valence-corrected chi connectivity index (χ0v) is 37.0. The largest absolute Gasteiger partial charge is 0.329 e. The van der Waals surface area contributed by atoms with Crippen LogP contribution >= 0.6 is 0 Å². The molecule has 0 amide bonds. The summed E-state index contributed by atoms with van der Waals surface area (Å²) >= 11 is 0. The molecule has 7 aliphatic rings. The summed E-state index contributed by atoms with van der Waals surface area (Å²) in [6, 6.07) is 15.7. The van der Waals surface area contributed by atoms with Gasteiger partial charge in [-0.2, -0.15) is 0 Å². The molecule has 0 bridgehead atoms. The summed E-state index contributed by atoms with van der Waals surface area (Å²) in [5.41, 5.74) is 0. The van der Waals surface area contributed by atoms with Gasteiger partial charge in [0.25, 0.3) is 0 Å². The lowest BCUT2D eigenvalue weighted by Crippen LogP contribution is -2.67. The Morgan fingerprint density at radius 3 is 0.841 bits per heavy atom. The van der Waals surface area contributed by atoms with E-state index in [2.05, 4.69) is 85.5 Å². The Hall–Kier alpha value is 0.924. The molecule has 7 aliphatic heterocycles. The molecule has 0 radical (unpaired) electrons. The van der Waals surface area contributed by atoms with Crippen molar-refractivity contribution in [3.05, 3.63) is 0 Å². The highest BCUT2D eigenvalue weighted by Gasteiger charge is 2.51. The third kappa shape index (κ3) is 11.0. The van der Waals surface area contributed by atoms with Crippen LogP contribution in [0.25, 0.3) is 0 Å². The Morgan fingerprint density at radius 1 is 0.432 bits per heavy atom. The molecule has 0 spiro atoms. The number of rotatable bonds is 6. The molecule has 7 rings (SSSR count). The topological polar surface area (TPSA) is 13.0 Å². The van der Waals surface area contributed by atoms with Crippen molar-refractivity contribution in [1.29, 1.82) is 0 Å². The van der Waals surface area contributed by atoms with Crippen LogP contribution in [0.3, 0.4) is 0 Å². The van der Waals surface area contributed by atoms with Crippen LogP contribution in [0.4, 0.5) is 0 Å². The fourth-order valence-electron chi connectivity index (χ4n) is 8.49. The first-order valence-corrected chi connectivity index (χ1v) is 34.5. The Bertz CT molecular complexity index is 762. The van der Waals surface area contributed by atoms with Gasteiger partial charge in [0.1, 0.15) is 16.5 Å². The van der Waals surface area contributed by atoms with Gasteiger partial charge in [0.15, 0.2) is 0 Å². The third-order valence-corrected chi connectivity index (χ3v) is 35.9. The van der Waals surface area contributed by atoms with Crippen molar-refractivity contribution in [2.75, 3.05) is 53.4 Å². The van der Waals surface area contributed by atoms with Gasteiger partial charge in [-0.25, -0.2) is 0 Å². The molecule has 44 heavy (non-hydrogen) atoms. The van der Waals surface area contributed by atoms with Gasteiger partial charge in [0.05, 0.1) is 0 Å². The molecule has 0 saturated carbocycles. The Labute approximate surface area is 282 Å². The van der Waals surface area contributed by atoms with Gasteiger partial charge in [-0.05, 0) is 115 Å². The molecule has 9 heteroatoms. The first-order chi connectivity index (χ1) is 20.7. The summed E-state index contributed by atoms with van der Waals surface area (Å²) in [5.74, 6) is 0. The average molecular weight is 697 g/mol. The smallest absolute Gasteiger partial charge is 0.206 e. The highest BCUT2D eigenvalue weighted by Crippen LogP contribution is 2.41. The van der Waals surface area contributed by atoms with E-state index in [-0.39, 0.29) is 0 Å². The van der Waals surface area contributed by atoms with Crippen LogP contribution < -0.4 is 0 Å². The fourth-order valence-corrected chi connectivity index (χ4v) is 22.8. The van der Waals surface area contributed by atoms with E-state index in [9.17, 15) is 0 Å². The molecule has 7 saturated heterocycles. The normalized spacial score (nSPS) is 28.4. The van der Waals surface area contributed by atoms with Crippen molar-refractivity contribution in [3.8, 4) is 0 Å². The number of hydrogen-bond acceptors (Lipinski definition) is 4. The third-order valence-electron chi connectivity index (χ3n) is 13.4. The molecule has 0 N–H and O–H groups in total. The van der Waals surface area contributed by atoms with E-state index < -0.39 is 41.0 Å². The van der Waals surface area contributed by atoms with Crippen molar-refractivity contribution in [2.24, 2.45) is 0 Å². The van der Waals surface area contributed by atoms with Crippen molar-refractivity contribution in [1.82, 2.24) is 18.3 Å². The molecule has 0 aromatic rings. The lowest BCUT2D eigenvalue weighted by Gasteiger charge is -2.52. The molecule has 0 aromatic heterocycles. The maximum atomic E-state index is 2.93. The van der Waals surface area contributed by atoms with E-state index in [1.54, 1.807) is 48.4 Å². The van der Waals surface area contributed by atoms with Gasteiger partial charge in [-0.1, -0.05) is 109 Å². The van der Waals surface area contributed by atoms with Crippen molar-refractivity contribution in [3.63, 3.8) is 0 Å². The second-order valence-corrected chi connectivity index (χ2v) is 42.4. The minimum atomic E-state index is -1.01. The van der Waals surface area contributed by atoms with Crippen LogP contribution in [0.15, 0.2) is 0 Å². The van der Waals surface area contributed by atoms with E-state index in [0.29, 0.717) is 0 Å². The first kappa shape index (κ1) is 39.4. The highest BCUT2D eigenvalue weighted by atomic mass is 28.4. The van der Waals surface area contributed by atoms with Crippen molar-refractivity contribution in [2.45, 2.75) is 171 Å². The fraction of sp³-hybridized carbons (Fsp3) is 1.00. The minimum Gasteiger partial charge on any atom is -0.329 e. The predicted molar refractivity (Wildman–Crippen MR) is 213 cm³/mol. The zero-order chi connectivity index (χ0) is 32.5. The SMILES string of the molecule is C1CCN([Si]2(N3CCCC3)CCC2)C1.CCN(CC)[Si]1(C)CCC1.CN(C)[Si]1(C)CCC1.C[Si]1(C)CCC1.C[Si]1(C)CCC1. The Kier molecular flexibility index (Phi) is 15.7. The van der Waals surface area contributed by atoms with E-state index in [1.165, 1.54) is 109 Å². The van der Waals surface area contributed by atoms with Crippen LogP contribution in [0, 0.1) is 0 Å². The molecule has 4 nitrogen and oxygen atoms in total. The standard InChI is InChI=1S/C11H22N2Si.C8H19NSi.C6H15NSi.2C5H12Si/c1-2-7-12(6-1)14(10-5-11-14)13-8-3-4-9-13;1-4-9(5-2)10(3)7-6-8-10;1-7(2)8(3)5-4-6-8;2*1-6(2)4-3-5-6/h1-11H2;4-8H2,1-3H3;4-6H2,1-3H3;2*3-5H2,1-2H3. The number of hydrogen-bond donors (Lipinski definition) is 0. The minimum absolute atomic E-state index is 0.451. The molecular formula is C35H80N4Si5. The monoisotopic (exact) mass is 697 g/mol. The molecule has 0 unspecified atom stereocenters. The molecule has 0 aromatic carbocycles. The van der Waals surface area contributed by atoms with Gasteiger partial charge in [0.2, 0.25) is 8.40 Å². The molecule has 260 valence electrons. The predicted octanol–water partition coefficient (Wildman–Crippen LogP) is 10.1. The average Bonchev–Trinajstić information content (AvgIpc) is 3.62. The summed E-state index contributed by atoms with van der Waals surface area (Å²) in [6.45, 7) is 27.7. The van der Waals surface area contributed by atoms with E-state index in [0.717, 1.165) is 0 Å². The molecule has 0 aliphatic carbocycles. The molecule has 7 heterocycles. The molecule has 0 atom stereocenters. The highest BCUT2D eigenvalue weighted by molar-refractivity contribution is 6.80. The lowest BCUT2D eigenvalue weighted by molar-refractivity contribution is 0.367. The Balaban J connectivity index is 0.000000157. The van der Waals surface area contributed by atoms with Crippen LogP contribution in [0.2, 0.25) is 99.7 Å². The molecule has 7 fully saturated rings. The summed E-state index contributed by atoms with van der Waals surface area (Å²) in [5, 5.41) is 0. The van der Waals surface area contributed by atoms with Gasteiger partial charge < -0.3 is 18.3 Å². The van der Waals surface area contributed by atoms with Crippen molar-refractivity contribution >= 4 is 41.0 Å². The van der Waals surface area contributed by atoms with E-state index in [1.807, 2.05) is 0 Å². The summed E-state index contributed by atoms with van der Waals surface area (Å²) in [4.78, 5) is 0. The lowest BCUT2D eigenvalue weighted by atomic mass is 10.4. The Morgan fingerprint density at radius 2 is 0.727 bits per heavy atom. The van der Waals surface area contributed by atoms with Crippen LogP contribution in [0.1, 0.15) is 71.6 Å². The van der Waals surface area contributed by atoms with E-state index >= 15 is 0 Å². The first-order valence-electron chi connectivity index (χ1n) is 19.6. The second kappa shape index (κ2) is 17.5. The summed E-state index contributed by atoms with van der Waals surface area (Å²) in [6.07, 6.45) is 13.5. The maximum Gasteiger partial charge on any atom is 0.206 e. The van der Waals surface area contributed by atoms with E-state index in [4.69, 9.17) is 0 Å². The summed E-state index contributed by atoms with van der Waals surface area (Å²) in [7, 11) is 1.01. The molecular weight excluding hydrogens is 617 g/mol. The van der Waals surface area contributed by atoms with Gasteiger partial charge in [-0.15, -0.1) is 0 Å². The van der Waals surface area contributed by atoms with Crippen LogP contribution in [-0.4, -0.2) is 113 Å². The second-order valence-electron chi connectivity index (χ2n) is 18.0. The quantitative estimate of drug-likeness (QED) is 0.256. The summed E-state index contributed by atoms with van der Waals surface area (Å²) < 4.78 is 11.1. The van der Waals surface area contributed by atoms with Gasteiger partial charge in [0, 0.05) is 16.1 Å². The van der Waals surface area contributed by atoms with Gasteiger partial charge >= 0.3 is 0 Å². The van der Waals surface area contributed by atoms with Gasteiger partial charge in [-0.3, -0.25) is 0 Å². The maximum absolute atomic E-state index is 2.93. The van der Waals surface area contributed by atoms with Crippen molar-refractivity contribution < 1.29 is 0 Å².